The number of rotatable bonds is 5. The maximum absolute atomic E-state index is 13.8. The third kappa shape index (κ3) is 4.16. The Morgan fingerprint density at radius 1 is 1.03 bits per heavy atom. The summed E-state index contributed by atoms with van der Waals surface area (Å²) in [6.45, 7) is 6.90. The Bertz CT molecular complexity index is 1250. The minimum absolute atomic E-state index is 0.0269. The molecule has 0 radical (unpaired) electrons. The monoisotopic (exact) mass is 488 g/mol. The summed E-state index contributed by atoms with van der Waals surface area (Å²) in [5.74, 6) is -0.00864. The van der Waals surface area contributed by atoms with Gasteiger partial charge in [0.2, 0.25) is 11.8 Å². The Hall–Kier alpha value is -3.38. The van der Waals surface area contributed by atoms with Gasteiger partial charge in [-0.1, -0.05) is 49.7 Å². The predicted octanol–water partition coefficient (Wildman–Crippen LogP) is 4.84. The SMILES string of the molecule is CC(C)c1ccccc1C1(CC(=O)N2CCN(c3ccncc3)CC2)C(=O)Nc2ccc(Cl)cc21. The lowest BCUT2D eigenvalue weighted by Gasteiger charge is -2.38. The molecule has 1 saturated heterocycles. The molecule has 1 fully saturated rings. The average Bonchev–Trinajstić information content (AvgIpc) is 3.15. The Kier molecular flexibility index (Phi) is 6.24. The smallest absolute Gasteiger partial charge is 0.240 e. The van der Waals surface area contributed by atoms with Crippen molar-refractivity contribution in [2.75, 3.05) is 36.4 Å². The zero-order valence-corrected chi connectivity index (χ0v) is 20.8. The molecule has 180 valence electrons. The highest BCUT2D eigenvalue weighted by Gasteiger charge is 2.51. The van der Waals surface area contributed by atoms with Gasteiger partial charge in [0, 0.05) is 61.4 Å². The molecule has 1 aromatic heterocycles. The van der Waals surface area contributed by atoms with Gasteiger partial charge in [0.1, 0.15) is 5.41 Å². The standard InChI is InChI=1S/C28H29ClN4O2/c1-19(2)22-5-3-4-6-23(22)28(24-17-20(29)7-8-25(24)31-27(28)35)18-26(34)33-15-13-32(14-16-33)21-9-11-30-12-10-21/h3-12,17,19H,13-16,18H2,1-2H3,(H,31,35). The third-order valence-corrected chi connectivity index (χ3v) is 7.43. The maximum Gasteiger partial charge on any atom is 0.240 e. The van der Waals surface area contributed by atoms with Crippen molar-refractivity contribution in [2.24, 2.45) is 0 Å². The number of anilines is 2. The van der Waals surface area contributed by atoms with Gasteiger partial charge in [-0.3, -0.25) is 14.6 Å². The van der Waals surface area contributed by atoms with Crippen molar-refractivity contribution < 1.29 is 9.59 Å². The van der Waals surface area contributed by atoms with Gasteiger partial charge in [0.05, 0.1) is 0 Å². The Morgan fingerprint density at radius 2 is 1.74 bits per heavy atom. The van der Waals surface area contributed by atoms with E-state index in [1.54, 1.807) is 18.5 Å². The lowest BCUT2D eigenvalue weighted by Crippen LogP contribution is -2.51. The fourth-order valence-corrected chi connectivity index (χ4v) is 5.54. The first-order valence-electron chi connectivity index (χ1n) is 12.0. The molecule has 0 saturated carbocycles. The van der Waals surface area contributed by atoms with E-state index in [0.717, 1.165) is 35.5 Å². The van der Waals surface area contributed by atoms with Crippen LogP contribution in [0.25, 0.3) is 0 Å². The zero-order valence-electron chi connectivity index (χ0n) is 20.0. The summed E-state index contributed by atoms with van der Waals surface area (Å²) in [4.78, 5) is 35.8. The number of hydrogen-bond acceptors (Lipinski definition) is 4. The number of halogens is 1. The van der Waals surface area contributed by atoms with Gasteiger partial charge in [0.25, 0.3) is 0 Å². The molecule has 2 aliphatic heterocycles. The van der Waals surface area contributed by atoms with Gasteiger partial charge >= 0.3 is 0 Å². The van der Waals surface area contributed by atoms with Crippen molar-refractivity contribution in [1.29, 1.82) is 0 Å². The lowest BCUT2D eigenvalue weighted by atomic mass is 9.69. The van der Waals surface area contributed by atoms with Crippen LogP contribution in [0, 0.1) is 0 Å². The topological polar surface area (TPSA) is 65.5 Å². The van der Waals surface area contributed by atoms with Crippen molar-refractivity contribution >= 4 is 34.8 Å². The number of fused-ring (bicyclic) bond motifs is 1. The predicted molar refractivity (Wildman–Crippen MR) is 139 cm³/mol. The van der Waals surface area contributed by atoms with Crippen LogP contribution in [-0.4, -0.2) is 47.9 Å². The van der Waals surface area contributed by atoms with Gasteiger partial charge in [-0.05, 0) is 52.9 Å². The van der Waals surface area contributed by atoms with Crippen LogP contribution in [0.3, 0.4) is 0 Å². The normalized spacial score (nSPS) is 19.6. The second-order valence-corrected chi connectivity index (χ2v) is 9.98. The molecule has 6 nitrogen and oxygen atoms in total. The summed E-state index contributed by atoms with van der Waals surface area (Å²) >= 11 is 6.40. The average molecular weight is 489 g/mol. The number of aromatic nitrogens is 1. The number of amides is 2. The highest BCUT2D eigenvalue weighted by molar-refractivity contribution is 6.31. The van der Waals surface area contributed by atoms with Crippen LogP contribution in [-0.2, 0) is 15.0 Å². The summed E-state index contributed by atoms with van der Waals surface area (Å²) in [6, 6.07) is 17.4. The number of nitrogens with one attached hydrogen (secondary N) is 1. The first kappa shape index (κ1) is 23.4. The number of carbonyl (C=O) groups excluding carboxylic acids is 2. The molecule has 2 amide bonds. The van der Waals surface area contributed by atoms with Gasteiger partial charge < -0.3 is 15.1 Å². The van der Waals surface area contributed by atoms with Crippen molar-refractivity contribution in [1.82, 2.24) is 9.88 Å². The van der Waals surface area contributed by atoms with E-state index in [0.29, 0.717) is 23.8 Å². The van der Waals surface area contributed by atoms with Crippen molar-refractivity contribution in [3.05, 3.63) is 88.7 Å². The quantitative estimate of drug-likeness (QED) is 0.558. The Labute approximate surface area is 210 Å². The number of nitrogens with zero attached hydrogens (tertiary/aromatic N) is 3. The fraction of sp³-hybridized carbons (Fsp3) is 0.321. The highest BCUT2D eigenvalue weighted by atomic mass is 35.5. The lowest BCUT2D eigenvalue weighted by molar-refractivity contribution is -0.135. The fourth-order valence-electron chi connectivity index (χ4n) is 5.36. The minimum atomic E-state index is -1.12. The van der Waals surface area contributed by atoms with Gasteiger partial charge in [0.15, 0.2) is 0 Å². The first-order chi connectivity index (χ1) is 16.9. The summed E-state index contributed by atoms with van der Waals surface area (Å²) in [7, 11) is 0. The maximum atomic E-state index is 13.8. The number of piperazine rings is 1. The van der Waals surface area contributed by atoms with E-state index < -0.39 is 5.41 Å². The van der Waals surface area contributed by atoms with Crippen LogP contribution in [0.4, 0.5) is 11.4 Å². The molecular formula is C28H29ClN4O2. The van der Waals surface area contributed by atoms with Gasteiger partial charge in [-0.25, -0.2) is 0 Å². The van der Waals surface area contributed by atoms with E-state index >= 15 is 0 Å². The molecule has 0 spiro atoms. The van der Waals surface area contributed by atoms with Crippen LogP contribution in [0.15, 0.2) is 67.0 Å². The van der Waals surface area contributed by atoms with Crippen LogP contribution in [0.2, 0.25) is 5.02 Å². The molecule has 35 heavy (non-hydrogen) atoms. The molecule has 2 aliphatic rings. The van der Waals surface area contributed by atoms with E-state index in [1.165, 1.54) is 0 Å². The summed E-state index contributed by atoms with van der Waals surface area (Å²) in [5, 5.41) is 3.58. The highest BCUT2D eigenvalue weighted by Crippen LogP contribution is 2.48. The molecule has 1 atom stereocenters. The van der Waals surface area contributed by atoms with Crippen molar-refractivity contribution in [3.8, 4) is 0 Å². The number of benzene rings is 2. The van der Waals surface area contributed by atoms with Crippen LogP contribution >= 0.6 is 11.6 Å². The number of pyridine rings is 1. The van der Waals surface area contributed by atoms with E-state index in [4.69, 9.17) is 11.6 Å². The Morgan fingerprint density at radius 3 is 2.46 bits per heavy atom. The van der Waals surface area contributed by atoms with E-state index in [-0.39, 0.29) is 24.2 Å². The van der Waals surface area contributed by atoms with Gasteiger partial charge in [-0.15, -0.1) is 0 Å². The van der Waals surface area contributed by atoms with Crippen LogP contribution in [0.1, 0.15) is 42.9 Å². The summed E-state index contributed by atoms with van der Waals surface area (Å²) in [5.41, 5.74) is 3.40. The van der Waals surface area contributed by atoms with Gasteiger partial charge in [-0.2, -0.15) is 0 Å². The molecular weight excluding hydrogens is 460 g/mol. The first-order valence-corrected chi connectivity index (χ1v) is 12.4. The van der Waals surface area contributed by atoms with Crippen molar-refractivity contribution in [3.63, 3.8) is 0 Å². The minimum Gasteiger partial charge on any atom is -0.368 e. The van der Waals surface area contributed by atoms with E-state index in [2.05, 4.69) is 35.1 Å². The second kappa shape index (κ2) is 9.34. The molecule has 0 bridgehead atoms. The zero-order chi connectivity index (χ0) is 24.6. The summed E-state index contributed by atoms with van der Waals surface area (Å²) < 4.78 is 0. The van der Waals surface area contributed by atoms with Crippen LogP contribution in [0.5, 0.6) is 0 Å². The Balaban J connectivity index is 1.49. The number of carbonyl (C=O) groups is 2. The largest absolute Gasteiger partial charge is 0.368 e. The second-order valence-electron chi connectivity index (χ2n) is 9.54. The summed E-state index contributed by atoms with van der Waals surface area (Å²) in [6.07, 6.45) is 3.62. The van der Waals surface area contributed by atoms with Crippen molar-refractivity contribution in [2.45, 2.75) is 31.6 Å². The van der Waals surface area contributed by atoms with Crippen LogP contribution < -0.4 is 10.2 Å². The van der Waals surface area contributed by atoms with E-state index in [9.17, 15) is 9.59 Å². The molecule has 0 aliphatic carbocycles. The molecule has 7 heteroatoms. The molecule has 2 aromatic carbocycles. The molecule has 3 heterocycles. The third-order valence-electron chi connectivity index (χ3n) is 7.20. The molecule has 5 rings (SSSR count). The molecule has 3 aromatic rings. The number of hydrogen-bond donors (Lipinski definition) is 1. The van der Waals surface area contributed by atoms with E-state index in [1.807, 2.05) is 47.4 Å². The molecule has 1 N–H and O–H groups in total. The molecule has 1 unspecified atom stereocenters.